The molecule has 1 amide bonds. The van der Waals surface area contributed by atoms with Gasteiger partial charge in [0.25, 0.3) is 11.6 Å². The molecule has 0 aromatic heterocycles. The van der Waals surface area contributed by atoms with Crippen LogP contribution < -0.4 is 4.90 Å². The van der Waals surface area contributed by atoms with E-state index in [2.05, 4.69) is 0 Å². The molecule has 1 aliphatic heterocycles. The number of nitro benzene ring substituents is 1. The van der Waals surface area contributed by atoms with E-state index in [-0.39, 0.29) is 11.3 Å². The smallest absolute Gasteiger partial charge is 0.294 e. The topological polar surface area (TPSA) is 101 Å². The Morgan fingerprint density at radius 1 is 1.00 bits per heavy atom. The number of carbonyl (C=O) groups excluding carboxylic acids is 2. The molecule has 0 bridgehead atoms. The molecule has 0 spiro atoms. The zero-order chi connectivity index (χ0) is 23.5. The first-order valence-electron chi connectivity index (χ1n) is 10.2. The number of allylic oxidation sites excluding steroid dienone is 1. The molecule has 3 aromatic rings. The average molecular weight is 440 g/mol. The first-order chi connectivity index (χ1) is 15.9. The first kappa shape index (κ1) is 21.7. The highest BCUT2D eigenvalue weighted by atomic mass is 16.6. The number of ketones is 1. The Morgan fingerprint density at radius 2 is 1.64 bits per heavy atom. The van der Waals surface area contributed by atoms with Gasteiger partial charge in [0.15, 0.2) is 11.5 Å². The molecule has 3 aromatic carbocycles. The van der Waals surface area contributed by atoms with Crippen molar-refractivity contribution in [3.8, 4) is 0 Å². The van der Waals surface area contributed by atoms with E-state index in [1.807, 2.05) is 49.4 Å². The van der Waals surface area contributed by atoms with Crippen LogP contribution in [0.2, 0.25) is 0 Å². The van der Waals surface area contributed by atoms with Crippen molar-refractivity contribution in [3.63, 3.8) is 0 Å². The number of nitro groups is 1. The van der Waals surface area contributed by atoms with E-state index >= 15 is 0 Å². The number of hydrogen-bond acceptors (Lipinski definition) is 5. The summed E-state index contributed by atoms with van der Waals surface area (Å²) in [5, 5.41) is 21.8. The number of aliphatic hydroxyl groups excluding tert-OH is 1. The number of aliphatic hydroxyl groups is 1. The maximum Gasteiger partial charge on any atom is 0.294 e. The zero-order valence-electron chi connectivity index (χ0n) is 17.7. The number of rotatable bonds is 6. The van der Waals surface area contributed by atoms with Gasteiger partial charge in [0.2, 0.25) is 0 Å². The van der Waals surface area contributed by atoms with Crippen LogP contribution in [-0.2, 0) is 9.59 Å². The predicted molar refractivity (Wildman–Crippen MR) is 125 cm³/mol. The minimum Gasteiger partial charge on any atom is -0.503 e. The molecule has 1 heterocycles. The number of benzene rings is 3. The summed E-state index contributed by atoms with van der Waals surface area (Å²) in [7, 11) is 0. The summed E-state index contributed by atoms with van der Waals surface area (Å²) in [5.74, 6) is -1.86. The summed E-state index contributed by atoms with van der Waals surface area (Å²) in [4.78, 5) is 38.3. The Hall–Kier alpha value is -4.52. The van der Waals surface area contributed by atoms with Crippen LogP contribution >= 0.6 is 0 Å². The summed E-state index contributed by atoms with van der Waals surface area (Å²) in [6.45, 7) is 1.82. The molecule has 7 heteroatoms. The van der Waals surface area contributed by atoms with Crippen LogP contribution in [0.1, 0.15) is 22.7 Å². The molecule has 1 N–H and O–H groups in total. The summed E-state index contributed by atoms with van der Waals surface area (Å²) in [6.07, 6.45) is 2.92. The van der Waals surface area contributed by atoms with Crippen molar-refractivity contribution >= 4 is 29.1 Å². The predicted octanol–water partition coefficient (Wildman–Crippen LogP) is 5.09. The molecule has 0 aliphatic carbocycles. The second kappa shape index (κ2) is 8.92. The number of anilines is 1. The molecule has 0 fully saturated rings. The molecule has 0 radical (unpaired) electrons. The van der Waals surface area contributed by atoms with Gasteiger partial charge >= 0.3 is 0 Å². The number of nitrogens with zero attached hydrogens (tertiary/aromatic N) is 2. The Balaban J connectivity index is 1.81. The van der Waals surface area contributed by atoms with Crippen LogP contribution in [-0.4, -0.2) is 21.7 Å². The van der Waals surface area contributed by atoms with Crippen LogP contribution in [0.4, 0.5) is 11.4 Å². The minimum absolute atomic E-state index is 0.0794. The van der Waals surface area contributed by atoms with Crippen LogP contribution in [0.15, 0.2) is 96.3 Å². The maximum absolute atomic E-state index is 13.2. The van der Waals surface area contributed by atoms with E-state index in [1.54, 1.807) is 18.2 Å². The zero-order valence-corrected chi connectivity index (χ0v) is 17.7. The maximum atomic E-state index is 13.2. The molecule has 4 rings (SSSR count). The third kappa shape index (κ3) is 4.16. The van der Waals surface area contributed by atoms with Crippen molar-refractivity contribution in [2.75, 3.05) is 4.90 Å². The van der Waals surface area contributed by atoms with Gasteiger partial charge in [-0.25, -0.2) is 0 Å². The molecule has 33 heavy (non-hydrogen) atoms. The van der Waals surface area contributed by atoms with Gasteiger partial charge in [-0.05, 0) is 47.9 Å². The monoisotopic (exact) mass is 440 g/mol. The SMILES string of the molecule is Cc1ccccc1N1C(=O)C(O)=C(C(=O)/C=C/c2ccccc2)[C@@H]1c1ccc([N+](=O)[O-])cc1. The Labute approximate surface area is 190 Å². The van der Waals surface area contributed by atoms with Gasteiger partial charge in [0.1, 0.15) is 0 Å². The van der Waals surface area contributed by atoms with E-state index in [1.165, 1.54) is 35.2 Å². The van der Waals surface area contributed by atoms with Gasteiger partial charge in [-0.3, -0.25) is 24.6 Å². The summed E-state index contributed by atoms with van der Waals surface area (Å²) < 4.78 is 0. The highest BCUT2D eigenvalue weighted by Gasteiger charge is 2.44. The number of aryl methyl sites for hydroxylation is 1. The van der Waals surface area contributed by atoms with Gasteiger partial charge in [-0.1, -0.05) is 54.6 Å². The lowest BCUT2D eigenvalue weighted by Crippen LogP contribution is -2.31. The molecule has 0 saturated heterocycles. The van der Waals surface area contributed by atoms with Crippen molar-refractivity contribution in [2.45, 2.75) is 13.0 Å². The molecule has 164 valence electrons. The third-order valence-corrected chi connectivity index (χ3v) is 5.49. The number of carbonyl (C=O) groups is 2. The first-order valence-corrected chi connectivity index (χ1v) is 10.2. The van der Waals surface area contributed by atoms with E-state index in [4.69, 9.17) is 0 Å². The largest absolute Gasteiger partial charge is 0.503 e. The number of non-ortho nitro benzene ring substituents is 1. The van der Waals surface area contributed by atoms with Crippen molar-refractivity contribution in [3.05, 3.63) is 123 Å². The highest BCUT2D eigenvalue weighted by molar-refractivity contribution is 6.20. The molecular formula is C26H20N2O5. The summed E-state index contributed by atoms with van der Waals surface area (Å²) >= 11 is 0. The van der Waals surface area contributed by atoms with E-state index in [9.17, 15) is 24.8 Å². The molecular weight excluding hydrogens is 420 g/mol. The molecule has 1 atom stereocenters. The standard InChI is InChI=1S/C26H20N2O5/c1-17-7-5-6-10-21(17)27-24(19-12-14-20(15-13-19)28(32)33)23(25(30)26(27)31)22(29)16-11-18-8-3-2-4-9-18/h2-16,24,30H,1H3/b16-11+/t24-/m0/s1. The fraction of sp³-hybridized carbons (Fsp3) is 0.0769. The molecule has 0 unspecified atom stereocenters. The molecule has 7 nitrogen and oxygen atoms in total. The fourth-order valence-electron chi connectivity index (χ4n) is 3.86. The fourth-order valence-corrected chi connectivity index (χ4v) is 3.86. The second-order valence-corrected chi connectivity index (χ2v) is 7.58. The highest BCUT2D eigenvalue weighted by Crippen LogP contribution is 2.42. The summed E-state index contributed by atoms with van der Waals surface area (Å²) in [5.41, 5.74) is 2.38. The lowest BCUT2D eigenvalue weighted by molar-refractivity contribution is -0.384. The minimum atomic E-state index is -0.938. The van der Waals surface area contributed by atoms with Gasteiger partial charge in [-0.15, -0.1) is 0 Å². The molecule has 0 saturated carbocycles. The van der Waals surface area contributed by atoms with Crippen LogP contribution in [0.3, 0.4) is 0 Å². The number of para-hydroxylation sites is 1. The van der Waals surface area contributed by atoms with Gasteiger partial charge in [0, 0.05) is 17.8 Å². The van der Waals surface area contributed by atoms with Crippen molar-refractivity contribution in [2.24, 2.45) is 0 Å². The third-order valence-electron chi connectivity index (χ3n) is 5.49. The van der Waals surface area contributed by atoms with E-state index in [0.717, 1.165) is 11.1 Å². The lowest BCUT2D eigenvalue weighted by atomic mass is 9.94. The number of hydrogen-bond donors (Lipinski definition) is 1. The average Bonchev–Trinajstić information content (AvgIpc) is 3.09. The summed E-state index contributed by atoms with van der Waals surface area (Å²) in [6, 6.07) is 21.0. The van der Waals surface area contributed by atoms with Crippen molar-refractivity contribution < 1.29 is 19.6 Å². The number of amides is 1. The van der Waals surface area contributed by atoms with Crippen molar-refractivity contribution in [1.29, 1.82) is 0 Å². The Bertz CT molecular complexity index is 1290. The quantitative estimate of drug-likeness (QED) is 0.327. The second-order valence-electron chi connectivity index (χ2n) is 7.58. The van der Waals surface area contributed by atoms with Crippen LogP contribution in [0.5, 0.6) is 0 Å². The van der Waals surface area contributed by atoms with Crippen LogP contribution in [0, 0.1) is 17.0 Å². The Kier molecular flexibility index (Phi) is 5.87. The van der Waals surface area contributed by atoms with Crippen molar-refractivity contribution in [1.82, 2.24) is 0 Å². The van der Waals surface area contributed by atoms with E-state index < -0.39 is 28.4 Å². The van der Waals surface area contributed by atoms with Gasteiger partial charge in [0.05, 0.1) is 16.5 Å². The lowest BCUT2D eigenvalue weighted by Gasteiger charge is -2.28. The van der Waals surface area contributed by atoms with Crippen LogP contribution in [0.25, 0.3) is 6.08 Å². The van der Waals surface area contributed by atoms with E-state index in [0.29, 0.717) is 11.3 Å². The van der Waals surface area contributed by atoms with Gasteiger partial charge < -0.3 is 5.11 Å². The molecule has 1 aliphatic rings. The van der Waals surface area contributed by atoms with Gasteiger partial charge in [-0.2, -0.15) is 0 Å². The normalized spacial score (nSPS) is 16.0. The Morgan fingerprint density at radius 3 is 2.27 bits per heavy atom.